The maximum Gasteiger partial charge on any atom is 0.345 e. The van der Waals surface area contributed by atoms with Crippen LogP contribution in [0.3, 0.4) is 0 Å². The van der Waals surface area contributed by atoms with Crippen molar-refractivity contribution < 1.29 is 15.0 Å². The second-order valence-corrected chi connectivity index (χ2v) is 4.63. The van der Waals surface area contributed by atoms with Gasteiger partial charge in [0.15, 0.2) is 0 Å². The lowest BCUT2D eigenvalue weighted by Crippen LogP contribution is -1.89. The molecule has 1 rings (SSSR count). The molecule has 0 fully saturated rings. The highest BCUT2D eigenvalue weighted by Gasteiger charge is 2.06. The number of aliphatic hydroxyl groups is 1. The standard InChI is InChI=1S/C11H16O3S/c12-8-4-2-1-3-5-9-6-7-10(15-9)11(13)14/h6-7,12H,1-5,8H2,(H,13,14). The highest BCUT2D eigenvalue weighted by molar-refractivity contribution is 7.13. The molecule has 4 heteroatoms. The van der Waals surface area contributed by atoms with Crippen molar-refractivity contribution in [1.29, 1.82) is 0 Å². The Kier molecular flexibility index (Phi) is 5.36. The molecule has 3 nitrogen and oxygen atoms in total. The lowest BCUT2D eigenvalue weighted by Gasteiger charge is -1.97. The van der Waals surface area contributed by atoms with Crippen LogP contribution in [0.1, 0.15) is 40.2 Å². The smallest absolute Gasteiger partial charge is 0.345 e. The van der Waals surface area contributed by atoms with E-state index in [0.717, 1.165) is 37.0 Å². The molecule has 0 bridgehead atoms. The molecule has 0 aliphatic rings. The SMILES string of the molecule is O=C(O)c1ccc(CCCCCCO)s1. The van der Waals surface area contributed by atoms with E-state index in [1.807, 2.05) is 6.07 Å². The molecule has 2 N–H and O–H groups in total. The van der Waals surface area contributed by atoms with Gasteiger partial charge in [0.05, 0.1) is 0 Å². The highest BCUT2D eigenvalue weighted by atomic mass is 32.1. The summed E-state index contributed by atoms with van der Waals surface area (Å²) in [6, 6.07) is 3.55. The molecular weight excluding hydrogens is 212 g/mol. The molecule has 0 amide bonds. The van der Waals surface area contributed by atoms with Gasteiger partial charge < -0.3 is 10.2 Å². The minimum absolute atomic E-state index is 0.266. The average Bonchev–Trinajstić information content (AvgIpc) is 2.66. The fraction of sp³-hybridized carbons (Fsp3) is 0.545. The number of aromatic carboxylic acids is 1. The predicted molar refractivity (Wildman–Crippen MR) is 60.5 cm³/mol. The van der Waals surface area contributed by atoms with Crippen LogP contribution in [0.15, 0.2) is 12.1 Å². The highest BCUT2D eigenvalue weighted by Crippen LogP contribution is 2.18. The van der Waals surface area contributed by atoms with Crippen molar-refractivity contribution in [2.45, 2.75) is 32.1 Å². The fourth-order valence-corrected chi connectivity index (χ4v) is 2.28. The van der Waals surface area contributed by atoms with Crippen molar-refractivity contribution in [3.8, 4) is 0 Å². The van der Waals surface area contributed by atoms with Crippen LogP contribution in [0, 0.1) is 0 Å². The Labute approximate surface area is 93.4 Å². The summed E-state index contributed by atoms with van der Waals surface area (Å²) in [5.74, 6) is -0.841. The number of aryl methyl sites for hydroxylation is 1. The van der Waals surface area contributed by atoms with E-state index in [2.05, 4.69) is 0 Å². The van der Waals surface area contributed by atoms with Gasteiger partial charge in [0, 0.05) is 11.5 Å². The van der Waals surface area contributed by atoms with Gasteiger partial charge in [0.1, 0.15) is 4.88 Å². The van der Waals surface area contributed by atoms with Gasteiger partial charge in [-0.15, -0.1) is 11.3 Å². The maximum absolute atomic E-state index is 10.6. The van der Waals surface area contributed by atoms with E-state index in [4.69, 9.17) is 10.2 Å². The molecular formula is C11H16O3S. The van der Waals surface area contributed by atoms with E-state index in [0.29, 0.717) is 4.88 Å². The van der Waals surface area contributed by atoms with Gasteiger partial charge in [0.25, 0.3) is 0 Å². The second kappa shape index (κ2) is 6.58. The molecule has 0 saturated heterocycles. The lowest BCUT2D eigenvalue weighted by atomic mass is 10.1. The Morgan fingerprint density at radius 2 is 1.93 bits per heavy atom. The van der Waals surface area contributed by atoms with Crippen LogP contribution in [-0.4, -0.2) is 22.8 Å². The van der Waals surface area contributed by atoms with Crippen molar-refractivity contribution in [2.24, 2.45) is 0 Å². The number of unbranched alkanes of at least 4 members (excludes halogenated alkanes) is 3. The summed E-state index contributed by atoms with van der Waals surface area (Å²) in [7, 11) is 0. The molecule has 0 aromatic carbocycles. The Morgan fingerprint density at radius 1 is 1.20 bits per heavy atom. The Morgan fingerprint density at radius 3 is 2.53 bits per heavy atom. The number of hydrogen-bond donors (Lipinski definition) is 2. The van der Waals surface area contributed by atoms with Crippen molar-refractivity contribution in [3.63, 3.8) is 0 Å². The molecule has 1 aromatic heterocycles. The number of hydrogen-bond acceptors (Lipinski definition) is 3. The van der Waals surface area contributed by atoms with Gasteiger partial charge in [-0.05, 0) is 31.4 Å². The van der Waals surface area contributed by atoms with Gasteiger partial charge in [-0.1, -0.05) is 12.8 Å². The van der Waals surface area contributed by atoms with Crippen LogP contribution >= 0.6 is 11.3 Å². The topological polar surface area (TPSA) is 57.5 Å². The molecule has 0 saturated carbocycles. The molecule has 1 heterocycles. The number of aliphatic hydroxyl groups excluding tert-OH is 1. The van der Waals surface area contributed by atoms with Gasteiger partial charge in [-0.25, -0.2) is 4.79 Å². The summed E-state index contributed by atoms with van der Waals surface area (Å²) < 4.78 is 0. The van der Waals surface area contributed by atoms with Crippen LogP contribution in [0.25, 0.3) is 0 Å². The molecule has 84 valence electrons. The minimum Gasteiger partial charge on any atom is -0.477 e. The number of carbonyl (C=O) groups is 1. The number of carboxylic acids is 1. The summed E-state index contributed by atoms with van der Waals surface area (Å²) in [5, 5.41) is 17.3. The van der Waals surface area contributed by atoms with Crippen LogP contribution in [0.5, 0.6) is 0 Å². The van der Waals surface area contributed by atoms with Crippen molar-refractivity contribution in [3.05, 3.63) is 21.9 Å². The first-order valence-electron chi connectivity index (χ1n) is 5.17. The monoisotopic (exact) mass is 228 g/mol. The van der Waals surface area contributed by atoms with Gasteiger partial charge in [0.2, 0.25) is 0 Å². The molecule has 0 aliphatic carbocycles. The van der Waals surface area contributed by atoms with Gasteiger partial charge in [-0.3, -0.25) is 0 Å². The Hall–Kier alpha value is -0.870. The van der Waals surface area contributed by atoms with E-state index in [9.17, 15) is 4.79 Å². The summed E-state index contributed by atoms with van der Waals surface area (Å²) in [5.41, 5.74) is 0. The molecule has 0 spiro atoms. The van der Waals surface area contributed by atoms with E-state index in [-0.39, 0.29) is 6.61 Å². The molecule has 0 unspecified atom stereocenters. The van der Waals surface area contributed by atoms with Crippen LogP contribution in [-0.2, 0) is 6.42 Å². The fourth-order valence-electron chi connectivity index (χ4n) is 1.39. The predicted octanol–water partition coefficient (Wildman–Crippen LogP) is 2.54. The van der Waals surface area contributed by atoms with Crippen molar-refractivity contribution in [1.82, 2.24) is 0 Å². The summed E-state index contributed by atoms with van der Waals surface area (Å²) in [6.45, 7) is 0.266. The van der Waals surface area contributed by atoms with Crippen LogP contribution in [0.2, 0.25) is 0 Å². The van der Waals surface area contributed by atoms with E-state index >= 15 is 0 Å². The number of thiophene rings is 1. The summed E-state index contributed by atoms with van der Waals surface area (Å²) in [4.78, 5) is 12.2. The van der Waals surface area contributed by atoms with Crippen LogP contribution in [0.4, 0.5) is 0 Å². The third kappa shape index (κ3) is 4.44. The average molecular weight is 228 g/mol. The Balaban J connectivity index is 2.23. The lowest BCUT2D eigenvalue weighted by molar-refractivity contribution is 0.0702. The van der Waals surface area contributed by atoms with Gasteiger partial charge >= 0.3 is 5.97 Å². The number of rotatable bonds is 7. The summed E-state index contributed by atoms with van der Waals surface area (Å²) >= 11 is 1.36. The third-order valence-electron chi connectivity index (χ3n) is 2.20. The zero-order valence-electron chi connectivity index (χ0n) is 8.61. The molecule has 0 aliphatic heterocycles. The van der Waals surface area contributed by atoms with E-state index in [1.54, 1.807) is 6.07 Å². The first-order valence-corrected chi connectivity index (χ1v) is 5.98. The Bertz CT molecular complexity index is 307. The minimum atomic E-state index is -0.841. The number of carboxylic acid groups (broad SMARTS) is 1. The zero-order chi connectivity index (χ0) is 11.1. The first-order chi connectivity index (χ1) is 7.24. The normalized spacial score (nSPS) is 10.5. The first kappa shape index (κ1) is 12.2. The zero-order valence-corrected chi connectivity index (χ0v) is 9.42. The second-order valence-electron chi connectivity index (χ2n) is 3.46. The molecule has 1 aromatic rings. The summed E-state index contributed by atoms with van der Waals surface area (Å²) in [6.07, 6.45) is 5.03. The molecule has 0 atom stereocenters. The van der Waals surface area contributed by atoms with Crippen LogP contribution < -0.4 is 0 Å². The third-order valence-corrected chi connectivity index (χ3v) is 3.34. The van der Waals surface area contributed by atoms with E-state index < -0.39 is 5.97 Å². The van der Waals surface area contributed by atoms with Crippen molar-refractivity contribution in [2.75, 3.05) is 6.61 Å². The molecule has 0 radical (unpaired) electrons. The van der Waals surface area contributed by atoms with Crippen molar-refractivity contribution >= 4 is 17.3 Å². The molecule has 15 heavy (non-hydrogen) atoms. The quantitative estimate of drug-likeness (QED) is 0.705. The largest absolute Gasteiger partial charge is 0.477 e. The maximum atomic E-state index is 10.6. The van der Waals surface area contributed by atoms with E-state index in [1.165, 1.54) is 11.3 Å². The van der Waals surface area contributed by atoms with Gasteiger partial charge in [-0.2, -0.15) is 0 Å².